The lowest BCUT2D eigenvalue weighted by Crippen LogP contribution is -2.28. The SMILES string of the molecule is O=C(COc1ccccc1Cl)NCc1cccs1. The number of carbonyl (C=O) groups excluding carboxylic acids is 1. The Morgan fingerprint density at radius 1 is 1.28 bits per heavy atom. The van der Waals surface area contributed by atoms with Crippen LogP contribution in [0.25, 0.3) is 0 Å². The molecule has 0 saturated carbocycles. The zero-order valence-corrected chi connectivity index (χ0v) is 11.1. The maximum absolute atomic E-state index is 11.5. The zero-order chi connectivity index (χ0) is 12.8. The molecule has 1 amide bonds. The van der Waals surface area contributed by atoms with Crippen molar-refractivity contribution in [1.82, 2.24) is 5.32 Å². The van der Waals surface area contributed by atoms with Gasteiger partial charge in [0.25, 0.3) is 5.91 Å². The molecule has 0 atom stereocenters. The van der Waals surface area contributed by atoms with Crippen molar-refractivity contribution in [2.24, 2.45) is 0 Å². The Kier molecular flexibility index (Phi) is 4.61. The molecule has 0 aliphatic carbocycles. The van der Waals surface area contributed by atoms with Crippen molar-refractivity contribution >= 4 is 28.8 Å². The van der Waals surface area contributed by atoms with Gasteiger partial charge in [-0.3, -0.25) is 4.79 Å². The fraction of sp³-hybridized carbons (Fsp3) is 0.154. The van der Waals surface area contributed by atoms with Gasteiger partial charge in [-0.1, -0.05) is 29.8 Å². The number of benzene rings is 1. The second kappa shape index (κ2) is 6.42. The van der Waals surface area contributed by atoms with Crippen molar-refractivity contribution < 1.29 is 9.53 Å². The van der Waals surface area contributed by atoms with Crippen LogP contribution in [0.15, 0.2) is 41.8 Å². The van der Waals surface area contributed by atoms with Crippen molar-refractivity contribution in [3.8, 4) is 5.75 Å². The average Bonchev–Trinajstić information content (AvgIpc) is 2.88. The van der Waals surface area contributed by atoms with Crippen molar-refractivity contribution in [2.75, 3.05) is 6.61 Å². The normalized spacial score (nSPS) is 10.1. The third kappa shape index (κ3) is 3.75. The molecular formula is C13H12ClNO2S. The number of para-hydroxylation sites is 1. The van der Waals surface area contributed by atoms with Gasteiger partial charge in [-0.25, -0.2) is 0 Å². The van der Waals surface area contributed by atoms with Crippen molar-refractivity contribution in [2.45, 2.75) is 6.54 Å². The average molecular weight is 282 g/mol. The number of rotatable bonds is 5. The first-order valence-corrected chi connectivity index (χ1v) is 6.68. The summed E-state index contributed by atoms with van der Waals surface area (Å²) in [5.41, 5.74) is 0. The van der Waals surface area contributed by atoms with E-state index in [0.29, 0.717) is 17.3 Å². The highest BCUT2D eigenvalue weighted by atomic mass is 35.5. The Bertz CT molecular complexity index is 513. The molecule has 0 unspecified atom stereocenters. The van der Waals surface area contributed by atoms with Crippen LogP contribution in [0.1, 0.15) is 4.88 Å². The van der Waals surface area contributed by atoms with Crippen LogP contribution in [-0.2, 0) is 11.3 Å². The van der Waals surface area contributed by atoms with Gasteiger partial charge in [-0.2, -0.15) is 0 Å². The van der Waals surface area contributed by atoms with Crippen molar-refractivity contribution in [3.05, 3.63) is 51.7 Å². The van der Waals surface area contributed by atoms with E-state index in [-0.39, 0.29) is 12.5 Å². The first-order valence-electron chi connectivity index (χ1n) is 5.42. The van der Waals surface area contributed by atoms with Gasteiger partial charge in [-0.15, -0.1) is 11.3 Å². The Hall–Kier alpha value is -1.52. The Balaban J connectivity index is 1.77. The predicted octanol–water partition coefficient (Wildman–Crippen LogP) is 3.10. The summed E-state index contributed by atoms with van der Waals surface area (Å²) in [5.74, 6) is 0.355. The Morgan fingerprint density at radius 3 is 2.83 bits per heavy atom. The number of hydrogen-bond acceptors (Lipinski definition) is 3. The maximum atomic E-state index is 11.5. The summed E-state index contributed by atoms with van der Waals surface area (Å²) in [4.78, 5) is 12.7. The molecule has 0 saturated heterocycles. The highest BCUT2D eigenvalue weighted by Crippen LogP contribution is 2.22. The van der Waals surface area contributed by atoms with Gasteiger partial charge >= 0.3 is 0 Å². The fourth-order valence-electron chi connectivity index (χ4n) is 1.35. The summed E-state index contributed by atoms with van der Waals surface area (Å²) >= 11 is 7.52. The highest BCUT2D eigenvalue weighted by Gasteiger charge is 2.05. The van der Waals surface area contributed by atoms with Crippen LogP contribution in [0.3, 0.4) is 0 Å². The second-order valence-corrected chi connectivity index (χ2v) is 5.01. The van der Waals surface area contributed by atoms with Gasteiger partial charge in [-0.05, 0) is 23.6 Å². The second-order valence-electron chi connectivity index (χ2n) is 3.58. The van der Waals surface area contributed by atoms with Gasteiger partial charge in [0, 0.05) is 4.88 Å². The number of carbonyl (C=O) groups is 1. The number of hydrogen-bond donors (Lipinski definition) is 1. The summed E-state index contributed by atoms with van der Waals surface area (Å²) < 4.78 is 5.33. The standard InChI is InChI=1S/C13H12ClNO2S/c14-11-5-1-2-6-12(11)17-9-13(16)15-8-10-4-3-7-18-10/h1-7H,8-9H2,(H,15,16). The molecule has 0 aliphatic rings. The number of ether oxygens (including phenoxy) is 1. The van der Waals surface area contributed by atoms with E-state index in [2.05, 4.69) is 5.32 Å². The van der Waals surface area contributed by atoms with Crippen LogP contribution in [0.5, 0.6) is 5.75 Å². The molecule has 0 bridgehead atoms. The summed E-state index contributed by atoms with van der Waals surface area (Å²) in [5, 5.41) is 5.26. The minimum atomic E-state index is -0.164. The molecule has 2 aromatic rings. The first kappa shape index (κ1) is 12.9. The van der Waals surface area contributed by atoms with Crippen LogP contribution in [0.2, 0.25) is 5.02 Å². The van der Waals surface area contributed by atoms with E-state index < -0.39 is 0 Å². The summed E-state index contributed by atoms with van der Waals surface area (Å²) in [6, 6.07) is 11.0. The molecule has 94 valence electrons. The maximum Gasteiger partial charge on any atom is 0.258 e. The number of nitrogens with one attached hydrogen (secondary N) is 1. The molecule has 1 aromatic heterocycles. The fourth-order valence-corrected chi connectivity index (χ4v) is 2.19. The van der Waals surface area contributed by atoms with Crippen molar-refractivity contribution in [1.29, 1.82) is 0 Å². The molecular weight excluding hydrogens is 270 g/mol. The summed E-state index contributed by atoms with van der Waals surface area (Å²) in [6.45, 7) is 0.498. The molecule has 18 heavy (non-hydrogen) atoms. The third-order valence-electron chi connectivity index (χ3n) is 2.24. The van der Waals surface area contributed by atoms with Gasteiger partial charge in [0.1, 0.15) is 5.75 Å². The lowest BCUT2D eigenvalue weighted by atomic mass is 10.3. The van der Waals surface area contributed by atoms with Crippen LogP contribution in [0, 0.1) is 0 Å². The molecule has 3 nitrogen and oxygen atoms in total. The topological polar surface area (TPSA) is 38.3 Å². The van der Waals surface area contributed by atoms with Crippen LogP contribution >= 0.6 is 22.9 Å². The van der Waals surface area contributed by atoms with Crippen molar-refractivity contribution in [3.63, 3.8) is 0 Å². The highest BCUT2D eigenvalue weighted by molar-refractivity contribution is 7.09. The molecule has 0 spiro atoms. The molecule has 2 rings (SSSR count). The molecule has 0 radical (unpaired) electrons. The van der Waals surface area contributed by atoms with Gasteiger partial charge in [0.15, 0.2) is 6.61 Å². The Morgan fingerprint density at radius 2 is 2.11 bits per heavy atom. The molecule has 1 N–H and O–H groups in total. The van der Waals surface area contributed by atoms with Gasteiger partial charge in [0.2, 0.25) is 0 Å². The zero-order valence-electron chi connectivity index (χ0n) is 9.56. The van der Waals surface area contributed by atoms with E-state index in [1.807, 2.05) is 29.6 Å². The molecule has 5 heteroatoms. The lowest BCUT2D eigenvalue weighted by molar-refractivity contribution is -0.123. The minimum absolute atomic E-state index is 0.0326. The largest absolute Gasteiger partial charge is 0.482 e. The summed E-state index contributed by atoms with van der Waals surface area (Å²) in [7, 11) is 0. The number of thiophene rings is 1. The predicted molar refractivity (Wildman–Crippen MR) is 73.1 cm³/mol. The molecule has 1 aromatic carbocycles. The van der Waals surface area contributed by atoms with Gasteiger partial charge in [0.05, 0.1) is 11.6 Å². The molecule has 0 aliphatic heterocycles. The minimum Gasteiger partial charge on any atom is -0.482 e. The lowest BCUT2D eigenvalue weighted by Gasteiger charge is -2.07. The van der Waals surface area contributed by atoms with Crippen LogP contribution < -0.4 is 10.1 Å². The van der Waals surface area contributed by atoms with E-state index in [0.717, 1.165) is 4.88 Å². The number of amides is 1. The number of halogens is 1. The van der Waals surface area contributed by atoms with E-state index in [4.69, 9.17) is 16.3 Å². The van der Waals surface area contributed by atoms with E-state index in [9.17, 15) is 4.79 Å². The first-order chi connectivity index (χ1) is 8.75. The smallest absolute Gasteiger partial charge is 0.258 e. The summed E-state index contributed by atoms with van der Waals surface area (Å²) in [6.07, 6.45) is 0. The van der Waals surface area contributed by atoms with Crippen LogP contribution in [-0.4, -0.2) is 12.5 Å². The third-order valence-corrected chi connectivity index (χ3v) is 3.42. The monoisotopic (exact) mass is 281 g/mol. The van der Waals surface area contributed by atoms with E-state index in [1.165, 1.54) is 0 Å². The van der Waals surface area contributed by atoms with Crippen LogP contribution in [0.4, 0.5) is 0 Å². The molecule has 0 fully saturated rings. The quantitative estimate of drug-likeness (QED) is 0.915. The van der Waals surface area contributed by atoms with Gasteiger partial charge < -0.3 is 10.1 Å². The van der Waals surface area contributed by atoms with E-state index >= 15 is 0 Å². The van der Waals surface area contributed by atoms with E-state index in [1.54, 1.807) is 23.5 Å². The molecule has 1 heterocycles. The Labute approximate surface area is 114 Å².